The molecule has 1 saturated heterocycles. The van der Waals surface area contributed by atoms with Gasteiger partial charge in [0.15, 0.2) is 5.75 Å². The van der Waals surface area contributed by atoms with E-state index in [1.807, 2.05) is 90.1 Å². The summed E-state index contributed by atoms with van der Waals surface area (Å²) < 4.78 is 89.5. The lowest BCUT2D eigenvalue weighted by molar-refractivity contribution is -0.596. The first-order valence-electron chi connectivity index (χ1n) is 13.7. The molecule has 0 bridgehead atoms. The summed E-state index contributed by atoms with van der Waals surface area (Å²) in [5.41, 5.74) is -1.93. The van der Waals surface area contributed by atoms with Gasteiger partial charge in [-0.15, -0.1) is 0 Å². The van der Waals surface area contributed by atoms with E-state index in [0.29, 0.717) is 20.2 Å². The monoisotopic (exact) mass is 727 g/mol. The number of alkyl halides is 3. The Balaban J connectivity index is 1.92. The van der Waals surface area contributed by atoms with E-state index in [4.69, 9.17) is 17.9 Å². The van der Waals surface area contributed by atoms with Crippen LogP contribution in [0.3, 0.4) is 0 Å². The van der Waals surface area contributed by atoms with Gasteiger partial charge in [-0.25, -0.2) is 0 Å². The minimum absolute atomic E-state index is 0.328. The molecule has 0 N–H and O–H groups in total. The van der Waals surface area contributed by atoms with Gasteiger partial charge in [0, 0.05) is 16.6 Å². The Bertz CT molecular complexity index is 1550. The third-order valence-corrected chi connectivity index (χ3v) is 11.2. The Hall–Kier alpha value is -2.00. The highest BCUT2D eigenvalue weighted by atomic mass is 127. The molecule has 6 nitrogen and oxygen atoms in total. The maximum atomic E-state index is 13.4. The molecular formula is C29H34B3F3IO6S+. The number of aryl methyl sites for hydroxylation is 2. The number of hydrogen-bond acceptors (Lipinski definition) is 6. The van der Waals surface area contributed by atoms with Gasteiger partial charge >= 0.3 is 58.2 Å². The van der Waals surface area contributed by atoms with Crippen LogP contribution in [0.25, 0.3) is 11.1 Å². The van der Waals surface area contributed by atoms with Crippen LogP contribution < -0.4 is 30.9 Å². The van der Waals surface area contributed by atoms with Gasteiger partial charge in [-0.3, -0.25) is 0 Å². The molecule has 0 unspecified atom stereocenters. The van der Waals surface area contributed by atoms with Crippen molar-refractivity contribution >= 4 is 36.9 Å². The molecule has 1 aliphatic rings. The maximum Gasteiger partial charge on any atom is 0.534 e. The van der Waals surface area contributed by atoms with E-state index in [-0.39, 0.29) is 5.75 Å². The molecule has 0 aromatic heterocycles. The largest absolute Gasteiger partial charge is 0.534 e. The van der Waals surface area contributed by atoms with Crippen LogP contribution in [0.15, 0.2) is 60.7 Å². The second kappa shape index (κ2) is 12.4. The smallest absolute Gasteiger partial charge is 0.452 e. The summed E-state index contributed by atoms with van der Waals surface area (Å²) in [5, 5.41) is -0.781. The van der Waals surface area contributed by atoms with Crippen molar-refractivity contribution in [3.05, 3.63) is 78.9 Å². The van der Waals surface area contributed by atoms with Crippen LogP contribution in [0, 0.1) is 21.0 Å². The van der Waals surface area contributed by atoms with Crippen molar-refractivity contribution in [2.45, 2.75) is 71.5 Å². The Morgan fingerprint density at radius 1 is 0.767 bits per heavy atom. The molecule has 228 valence electrons. The van der Waals surface area contributed by atoms with Gasteiger partial charge in [-0.1, -0.05) is 90.1 Å². The molecule has 14 heteroatoms. The SMILES string of the molecule is Cc1cc(C)c([I+]c2c(B3OB(C(C)(C)C)OB(C(C)(C)C)O3)cccc2-c2ccccc2)c(OS(=O)(=O)C(F)(F)F)c1. The fourth-order valence-electron chi connectivity index (χ4n) is 4.43. The normalized spacial score (nSPS) is 15.2. The molecule has 0 amide bonds. The fraction of sp³-hybridized carbons (Fsp3) is 0.379. The molecule has 3 aromatic carbocycles. The minimum Gasteiger partial charge on any atom is -0.452 e. The van der Waals surface area contributed by atoms with Crippen molar-refractivity contribution < 1.29 is 60.7 Å². The number of hydrogen-bond donors (Lipinski definition) is 0. The topological polar surface area (TPSA) is 71.1 Å². The van der Waals surface area contributed by atoms with Crippen LogP contribution in [-0.2, 0) is 23.8 Å². The number of rotatable bonds is 6. The molecule has 1 fully saturated rings. The van der Waals surface area contributed by atoms with Crippen LogP contribution in [0.2, 0.25) is 10.6 Å². The van der Waals surface area contributed by atoms with Crippen molar-refractivity contribution in [1.82, 2.24) is 0 Å². The highest BCUT2D eigenvalue weighted by Gasteiger charge is 2.53. The predicted molar refractivity (Wildman–Crippen MR) is 160 cm³/mol. The lowest BCUT2D eigenvalue weighted by Crippen LogP contribution is -3.62. The first-order valence-corrected chi connectivity index (χ1v) is 17.3. The van der Waals surface area contributed by atoms with Crippen molar-refractivity contribution in [3.63, 3.8) is 0 Å². The molecule has 1 heterocycles. The van der Waals surface area contributed by atoms with Gasteiger partial charge < -0.3 is 17.9 Å². The zero-order chi connectivity index (χ0) is 32.0. The third kappa shape index (κ3) is 7.81. The molecule has 0 saturated carbocycles. The van der Waals surface area contributed by atoms with Crippen LogP contribution in [0.4, 0.5) is 13.2 Å². The molecule has 0 aliphatic carbocycles. The van der Waals surface area contributed by atoms with Crippen molar-refractivity contribution in [1.29, 1.82) is 0 Å². The van der Waals surface area contributed by atoms with Crippen LogP contribution in [0.1, 0.15) is 52.7 Å². The van der Waals surface area contributed by atoms with Crippen molar-refractivity contribution in [2.24, 2.45) is 0 Å². The van der Waals surface area contributed by atoms with Crippen LogP contribution >= 0.6 is 0 Å². The molecular weight excluding hydrogens is 693 g/mol. The molecule has 3 aromatic rings. The van der Waals surface area contributed by atoms with Gasteiger partial charge in [0.05, 0.1) is 0 Å². The van der Waals surface area contributed by atoms with Crippen LogP contribution in [0.5, 0.6) is 5.75 Å². The third-order valence-electron chi connectivity index (χ3n) is 6.56. The molecule has 0 spiro atoms. The van der Waals surface area contributed by atoms with Crippen LogP contribution in [-0.4, -0.2) is 35.3 Å². The van der Waals surface area contributed by atoms with Crippen molar-refractivity contribution in [3.8, 4) is 16.9 Å². The average Bonchev–Trinajstić information content (AvgIpc) is 2.89. The zero-order valence-electron chi connectivity index (χ0n) is 25.4. The fourth-order valence-corrected chi connectivity index (χ4v) is 8.22. The lowest BCUT2D eigenvalue weighted by atomic mass is 9.50. The van der Waals surface area contributed by atoms with E-state index in [9.17, 15) is 21.6 Å². The average molecular weight is 727 g/mol. The highest BCUT2D eigenvalue weighted by molar-refractivity contribution is 7.88. The van der Waals surface area contributed by atoms with E-state index in [0.717, 1.165) is 14.7 Å². The Kier molecular flexibility index (Phi) is 9.79. The molecule has 0 atom stereocenters. The summed E-state index contributed by atoms with van der Waals surface area (Å²) in [6.07, 6.45) is 0. The maximum absolute atomic E-state index is 13.4. The molecule has 0 radical (unpaired) electrons. The summed E-state index contributed by atoms with van der Waals surface area (Å²) in [7, 11) is -7.96. The zero-order valence-corrected chi connectivity index (χ0v) is 28.3. The summed E-state index contributed by atoms with van der Waals surface area (Å²) in [6, 6.07) is 18.4. The summed E-state index contributed by atoms with van der Waals surface area (Å²) in [4.78, 5) is 0. The predicted octanol–water partition coefficient (Wildman–Crippen LogP) is 3.66. The Morgan fingerprint density at radius 2 is 1.35 bits per heavy atom. The summed E-state index contributed by atoms with van der Waals surface area (Å²) in [6.45, 7) is 15.5. The molecule has 1 aliphatic heterocycles. The quantitative estimate of drug-likeness (QED) is 0.167. The first kappa shape index (κ1) is 33.9. The molecule has 4 rings (SSSR count). The standard InChI is InChI=1S/C29H34B3F3IO6S/c1-19-17-20(2)25(24(18-19)39-43(37,38)29(33,34)35)36-26-22(21-13-10-9-11-14-21)15-12-16-23(26)30-40-31(27(3,4)5)42-32(41-30)28(6,7)8/h9-18H,1-8H3/q+1. The Morgan fingerprint density at radius 3 is 1.88 bits per heavy atom. The summed E-state index contributed by atoms with van der Waals surface area (Å²) >= 11 is -1.36. The lowest BCUT2D eigenvalue weighted by Gasteiger charge is -2.40. The van der Waals surface area contributed by atoms with E-state index >= 15 is 0 Å². The van der Waals surface area contributed by atoms with Crippen molar-refractivity contribution in [2.75, 3.05) is 0 Å². The van der Waals surface area contributed by atoms with E-state index < -0.39 is 68.8 Å². The summed E-state index contributed by atoms with van der Waals surface area (Å²) in [5.74, 6) is -0.328. The molecule has 43 heavy (non-hydrogen) atoms. The van der Waals surface area contributed by atoms with E-state index in [1.165, 1.54) is 6.07 Å². The van der Waals surface area contributed by atoms with Gasteiger partial charge in [-0.05, 0) is 47.7 Å². The van der Waals surface area contributed by atoms with E-state index in [2.05, 4.69) is 0 Å². The highest BCUT2D eigenvalue weighted by Crippen LogP contribution is 2.38. The van der Waals surface area contributed by atoms with E-state index in [1.54, 1.807) is 19.9 Å². The second-order valence-corrected chi connectivity index (χ2v) is 16.9. The van der Waals surface area contributed by atoms with Gasteiger partial charge in [0.1, 0.15) is 0 Å². The van der Waals surface area contributed by atoms with Gasteiger partial charge in [0.2, 0.25) is 7.14 Å². The second-order valence-electron chi connectivity index (χ2n) is 12.7. The first-order chi connectivity index (χ1) is 19.8. The van der Waals surface area contributed by atoms with Gasteiger partial charge in [-0.2, -0.15) is 21.6 Å². The Labute approximate surface area is 263 Å². The van der Waals surface area contributed by atoms with Gasteiger partial charge in [0.25, 0.3) is 0 Å². The minimum atomic E-state index is -5.89. The number of benzene rings is 3. The number of halogens is 4.